The van der Waals surface area contributed by atoms with Crippen molar-refractivity contribution in [3.63, 3.8) is 0 Å². The summed E-state index contributed by atoms with van der Waals surface area (Å²) in [5.74, 6) is 0.00149. The van der Waals surface area contributed by atoms with Gasteiger partial charge in [-0.05, 0) is 47.4 Å². The maximum Gasteiger partial charge on any atom is 0.283 e. The van der Waals surface area contributed by atoms with Crippen molar-refractivity contribution in [3.05, 3.63) is 38.3 Å². The number of carbonyl (C=O) groups is 1. The number of carbonyl (C=O) groups excluding carboxylic acids is 1. The lowest BCUT2D eigenvalue weighted by atomic mass is 10.2. The molecule has 0 spiro atoms. The summed E-state index contributed by atoms with van der Waals surface area (Å²) < 4.78 is 0.459. The zero-order chi connectivity index (χ0) is 14.7. The Bertz CT molecular complexity index is 532. The summed E-state index contributed by atoms with van der Waals surface area (Å²) >= 11 is 3.15. The van der Waals surface area contributed by atoms with E-state index in [9.17, 15) is 14.9 Å². The molecule has 0 unspecified atom stereocenters. The van der Waals surface area contributed by atoms with E-state index < -0.39 is 4.92 Å². The van der Waals surface area contributed by atoms with Crippen LogP contribution in [-0.2, 0) is 11.3 Å². The van der Waals surface area contributed by atoms with Gasteiger partial charge < -0.3 is 5.32 Å². The van der Waals surface area contributed by atoms with Gasteiger partial charge in [0.2, 0.25) is 5.91 Å². The molecule has 1 aliphatic carbocycles. The Kier molecular flexibility index (Phi) is 4.72. The van der Waals surface area contributed by atoms with E-state index in [0.29, 0.717) is 23.6 Å². The first-order valence-corrected chi connectivity index (χ1v) is 7.15. The molecule has 1 aromatic carbocycles. The van der Waals surface area contributed by atoms with Crippen molar-refractivity contribution in [2.45, 2.75) is 25.4 Å². The highest BCUT2D eigenvalue weighted by atomic mass is 79.9. The van der Waals surface area contributed by atoms with Gasteiger partial charge >= 0.3 is 0 Å². The Morgan fingerprint density at radius 3 is 2.85 bits per heavy atom. The van der Waals surface area contributed by atoms with Crippen molar-refractivity contribution in [1.82, 2.24) is 10.2 Å². The van der Waals surface area contributed by atoms with Crippen molar-refractivity contribution in [2.75, 3.05) is 13.6 Å². The van der Waals surface area contributed by atoms with Crippen molar-refractivity contribution >= 4 is 27.5 Å². The molecule has 0 radical (unpaired) electrons. The molecule has 1 fully saturated rings. The summed E-state index contributed by atoms with van der Waals surface area (Å²) in [5.41, 5.74) is 0.847. The van der Waals surface area contributed by atoms with Crippen LogP contribution in [0.5, 0.6) is 0 Å². The fourth-order valence-electron chi connectivity index (χ4n) is 1.91. The normalized spacial score (nSPS) is 14.3. The van der Waals surface area contributed by atoms with Crippen molar-refractivity contribution < 1.29 is 9.72 Å². The van der Waals surface area contributed by atoms with E-state index in [-0.39, 0.29) is 11.6 Å². The number of hydrogen-bond acceptors (Lipinski definition) is 4. The largest absolute Gasteiger partial charge is 0.352 e. The maximum atomic E-state index is 11.7. The maximum absolute atomic E-state index is 11.7. The quantitative estimate of drug-likeness (QED) is 0.634. The van der Waals surface area contributed by atoms with Crippen LogP contribution in [0.3, 0.4) is 0 Å². The highest BCUT2D eigenvalue weighted by Crippen LogP contribution is 2.26. The summed E-state index contributed by atoms with van der Waals surface area (Å²) in [5, 5.41) is 13.8. The van der Waals surface area contributed by atoms with Crippen LogP contribution in [0.1, 0.15) is 18.4 Å². The number of nitrogens with zero attached hydrogens (tertiary/aromatic N) is 2. The lowest BCUT2D eigenvalue weighted by molar-refractivity contribution is -0.385. The Labute approximate surface area is 125 Å². The second-order valence-electron chi connectivity index (χ2n) is 5.06. The molecule has 0 atom stereocenters. The van der Waals surface area contributed by atoms with Gasteiger partial charge in [-0.1, -0.05) is 6.07 Å². The van der Waals surface area contributed by atoms with Gasteiger partial charge in [0.1, 0.15) is 0 Å². The van der Waals surface area contributed by atoms with Crippen molar-refractivity contribution in [1.29, 1.82) is 0 Å². The molecule has 2 rings (SSSR count). The molecule has 0 saturated heterocycles. The fraction of sp³-hybridized carbons (Fsp3) is 0.462. The third kappa shape index (κ3) is 4.28. The van der Waals surface area contributed by atoms with Crippen LogP contribution in [0, 0.1) is 10.1 Å². The monoisotopic (exact) mass is 341 g/mol. The number of halogens is 1. The number of nitrogens with one attached hydrogen (secondary N) is 1. The highest BCUT2D eigenvalue weighted by molar-refractivity contribution is 9.10. The van der Waals surface area contributed by atoms with Crippen molar-refractivity contribution in [2.24, 2.45) is 0 Å². The number of rotatable bonds is 6. The lowest BCUT2D eigenvalue weighted by Gasteiger charge is -2.16. The van der Waals surface area contributed by atoms with Crippen LogP contribution in [0.25, 0.3) is 0 Å². The lowest BCUT2D eigenvalue weighted by Crippen LogP contribution is -2.35. The van der Waals surface area contributed by atoms with E-state index >= 15 is 0 Å². The molecule has 1 N–H and O–H groups in total. The summed E-state index contributed by atoms with van der Waals surface area (Å²) in [6.07, 6.45) is 2.13. The molecule has 0 bridgehead atoms. The number of benzene rings is 1. The van der Waals surface area contributed by atoms with Crippen LogP contribution < -0.4 is 5.32 Å². The number of amides is 1. The number of likely N-dealkylation sites (N-methyl/N-ethyl adjacent to an activating group) is 1. The van der Waals surface area contributed by atoms with Crippen LogP contribution >= 0.6 is 15.9 Å². The minimum atomic E-state index is -0.423. The molecule has 6 nitrogen and oxygen atoms in total. The van der Waals surface area contributed by atoms with Crippen molar-refractivity contribution in [3.8, 4) is 0 Å². The third-order valence-corrected chi connectivity index (χ3v) is 3.69. The van der Waals surface area contributed by atoms with E-state index in [2.05, 4.69) is 21.2 Å². The highest BCUT2D eigenvalue weighted by Gasteiger charge is 2.23. The minimum Gasteiger partial charge on any atom is -0.352 e. The zero-order valence-electron chi connectivity index (χ0n) is 11.1. The third-order valence-electron chi connectivity index (χ3n) is 3.02. The minimum absolute atomic E-state index is 0.00149. The second-order valence-corrected chi connectivity index (χ2v) is 5.91. The summed E-state index contributed by atoms with van der Waals surface area (Å²) in [7, 11) is 1.82. The molecule has 0 aromatic heterocycles. The van der Waals surface area contributed by atoms with Crippen LogP contribution in [0.4, 0.5) is 5.69 Å². The van der Waals surface area contributed by atoms with Crippen LogP contribution in [-0.4, -0.2) is 35.4 Å². The molecule has 1 aromatic rings. The predicted octanol–water partition coefficient (Wildman–Crippen LogP) is 2.07. The Morgan fingerprint density at radius 2 is 2.25 bits per heavy atom. The molecule has 1 saturated carbocycles. The number of nitro groups is 1. The fourth-order valence-corrected chi connectivity index (χ4v) is 2.30. The predicted molar refractivity (Wildman–Crippen MR) is 78.3 cm³/mol. The standard InChI is InChI=1S/C13H16BrN3O3/c1-16(8-13(18)15-10-3-4-10)7-9-2-5-11(14)12(6-9)17(19)20/h2,5-6,10H,3-4,7-8H2,1H3,(H,15,18). The van der Waals surface area contributed by atoms with Gasteiger partial charge in [-0.3, -0.25) is 19.8 Å². The first kappa shape index (κ1) is 14.9. The summed E-state index contributed by atoms with van der Waals surface area (Å²) in [6, 6.07) is 5.35. The SMILES string of the molecule is CN(CC(=O)NC1CC1)Cc1ccc(Br)c([N+](=O)[O-])c1. The van der Waals surface area contributed by atoms with E-state index in [1.165, 1.54) is 6.07 Å². The molecular formula is C13H16BrN3O3. The molecule has 1 amide bonds. The number of hydrogen-bond donors (Lipinski definition) is 1. The molecule has 1 aliphatic rings. The van der Waals surface area contributed by atoms with Gasteiger partial charge in [0.15, 0.2) is 0 Å². The van der Waals surface area contributed by atoms with Gasteiger partial charge in [0.25, 0.3) is 5.69 Å². The second kappa shape index (κ2) is 6.32. The molecular weight excluding hydrogens is 326 g/mol. The van der Waals surface area contributed by atoms with Gasteiger partial charge in [-0.25, -0.2) is 0 Å². The average molecular weight is 342 g/mol. The van der Waals surface area contributed by atoms with Gasteiger partial charge in [-0.2, -0.15) is 0 Å². The van der Waals surface area contributed by atoms with Gasteiger partial charge in [-0.15, -0.1) is 0 Å². The van der Waals surface area contributed by atoms with E-state index in [1.54, 1.807) is 6.07 Å². The van der Waals surface area contributed by atoms with Gasteiger partial charge in [0, 0.05) is 18.7 Å². The Hall–Kier alpha value is -1.47. The summed E-state index contributed by atoms with van der Waals surface area (Å²) in [4.78, 5) is 23.9. The smallest absolute Gasteiger partial charge is 0.283 e. The molecule has 20 heavy (non-hydrogen) atoms. The molecule has 7 heteroatoms. The average Bonchev–Trinajstić information content (AvgIpc) is 3.14. The topological polar surface area (TPSA) is 75.5 Å². The van der Waals surface area contributed by atoms with E-state index in [0.717, 1.165) is 18.4 Å². The first-order valence-electron chi connectivity index (χ1n) is 6.36. The van der Waals surface area contributed by atoms with Crippen LogP contribution in [0.2, 0.25) is 0 Å². The van der Waals surface area contributed by atoms with E-state index in [1.807, 2.05) is 18.0 Å². The molecule has 0 aliphatic heterocycles. The molecule has 0 heterocycles. The summed E-state index contributed by atoms with van der Waals surface area (Å²) in [6.45, 7) is 0.784. The van der Waals surface area contributed by atoms with Gasteiger partial charge in [0.05, 0.1) is 15.9 Å². The molecule has 108 valence electrons. The zero-order valence-corrected chi connectivity index (χ0v) is 12.7. The Balaban J connectivity index is 1.92. The van der Waals surface area contributed by atoms with E-state index in [4.69, 9.17) is 0 Å². The van der Waals surface area contributed by atoms with Crippen LogP contribution in [0.15, 0.2) is 22.7 Å². The Morgan fingerprint density at radius 1 is 1.55 bits per heavy atom. The number of nitro benzene ring substituents is 1. The first-order chi connectivity index (χ1) is 9.45.